The largest absolute Gasteiger partial charge is 0.508 e. The van der Waals surface area contributed by atoms with Gasteiger partial charge in [-0.2, -0.15) is 0 Å². The van der Waals surface area contributed by atoms with Crippen molar-refractivity contribution in [1.82, 2.24) is 5.16 Å². The van der Waals surface area contributed by atoms with Gasteiger partial charge in [-0.15, -0.1) is 0 Å². The van der Waals surface area contributed by atoms with E-state index in [1.54, 1.807) is 12.1 Å². The van der Waals surface area contributed by atoms with Crippen LogP contribution in [0.15, 0.2) is 108 Å². The first kappa shape index (κ1) is 23.6. The molecule has 1 heterocycles. The van der Waals surface area contributed by atoms with E-state index in [-0.39, 0.29) is 5.75 Å². The van der Waals surface area contributed by atoms with Crippen LogP contribution in [0.1, 0.15) is 24.1 Å². The molecule has 0 unspecified atom stereocenters. The normalized spacial score (nSPS) is 13.7. The molecule has 5 aromatic rings. The van der Waals surface area contributed by atoms with Crippen LogP contribution in [0.5, 0.6) is 5.75 Å². The van der Waals surface area contributed by atoms with Crippen LogP contribution in [0.3, 0.4) is 0 Å². The van der Waals surface area contributed by atoms with Gasteiger partial charge >= 0.3 is 5.97 Å². The number of para-hydroxylation sites is 1. The standard InChI is InChI=1S/C32H26N2O4/c1-21-29(34(26-6-3-2-4-7-26)27-8-5-9-28(35)20-27)30(38-33-21)24-12-10-22(11-13-24)23-14-16-25(17-15-23)32(18-19-32)31(36)37/h2-17,20,35H,18-19H2,1H3,(H,36,37). The number of phenols is 1. The van der Waals surface area contributed by atoms with Gasteiger partial charge in [0.1, 0.15) is 17.1 Å². The highest BCUT2D eigenvalue weighted by Crippen LogP contribution is 2.49. The van der Waals surface area contributed by atoms with Gasteiger partial charge in [-0.25, -0.2) is 0 Å². The number of phenolic OH excluding ortho intramolecular Hbond substituents is 1. The van der Waals surface area contributed by atoms with E-state index in [1.165, 1.54) is 0 Å². The Bertz CT molecular complexity index is 1600. The number of benzene rings is 4. The summed E-state index contributed by atoms with van der Waals surface area (Å²) in [6.07, 6.45) is 1.38. The van der Waals surface area contributed by atoms with Crippen LogP contribution in [-0.4, -0.2) is 21.3 Å². The van der Waals surface area contributed by atoms with Crippen LogP contribution in [0, 0.1) is 6.92 Å². The summed E-state index contributed by atoms with van der Waals surface area (Å²) in [5, 5.41) is 24.1. The molecular weight excluding hydrogens is 476 g/mol. The number of hydrogen-bond donors (Lipinski definition) is 2. The van der Waals surface area contributed by atoms with Crippen molar-refractivity contribution in [1.29, 1.82) is 0 Å². The van der Waals surface area contributed by atoms with Crippen molar-refractivity contribution in [3.8, 4) is 28.2 Å². The molecule has 0 amide bonds. The number of aryl methyl sites for hydroxylation is 1. The van der Waals surface area contributed by atoms with Crippen molar-refractivity contribution >= 4 is 23.0 Å². The Morgan fingerprint density at radius 3 is 2.03 bits per heavy atom. The van der Waals surface area contributed by atoms with Gasteiger partial charge in [0.2, 0.25) is 0 Å². The third-order valence-electron chi connectivity index (χ3n) is 7.23. The molecule has 188 valence electrons. The second kappa shape index (κ2) is 9.23. The average Bonchev–Trinajstić information content (AvgIpc) is 3.68. The fourth-order valence-corrected chi connectivity index (χ4v) is 4.98. The van der Waals surface area contributed by atoms with E-state index in [0.717, 1.165) is 45.0 Å². The number of aromatic hydroxyl groups is 1. The number of nitrogens with zero attached hydrogens (tertiary/aromatic N) is 2. The first-order valence-corrected chi connectivity index (χ1v) is 12.5. The molecule has 0 saturated heterocycles. The zero-order chi connectivity index (χ0) is 26.3. The summed E-state index contributed by atoms with van der Waals surface area (Å²) in [6, 6.07) is 32.9. The number of aliphatic carboxylic acids is 1. The maximum absolute atomic E-state index is 11.7. The van der Waals surface area contributed by atoms with Crippen LogP contribution >= 0.6 is 0 Å². The Hall–Kier alpha value is -4.84. The van der Waals surface area contributed by atoms with Crippen LogP contribution in [-0.2, 0) is 10.2 Å². The molecule has 2 N–H and O–H groups in total. The van der Waals surface area contributed by atoms with E-state index in [2.05, 4.69) is 5.16 Å². The Kier molecular flexibility index (Phi) is 5.72. The third-order valence-corrected chi connectivity index (χ3v) is 7.23. The van der Waals surface area contributed by atoms with Crippen LogP contribution in [0.25, 0.3) is 22.5 Å². The molecule has 0 radical (unpaired) electrons. The predicted molar refractivity (Wildman–Crippen MR) is 147 cm³/mol. The second-order valence-electron chi connectivity index (χ2n) is 9.68. The minimum absolute atomic E-state index is 0.172. The van der Waals surface area contributed by atoms with E-state index in [4.69, 9.17) is 4.52 Å². The number of aromatic nitrogens is 1. The highest BCUT2D eigenvalue weighted by molar-refractivity contribution is 5.88. The number of anilines is 3. The van der Waals surface area contributed by atoms with E-state index in [9.17, 15) is 15.0 Å². The Balaban J connectivity index is 1.36. The highest BCUT2D eigenvalue weighted by atomic mass is 16.5. The first-order chi connectivity index (χ1) is 18.5. The van der Waals surface area contributed by atoms with E-state index >= 15 is 0 Å². The average molecular weight is 503 g/mol. The van der Waals surface area contributed by atoms with Gasteiger partial charge in [-0.3, -0.25) is 4.79 Å². The van der Waals surface area contributed by atoms with Gasteiger partial charge in [-0.05, 0) is 60.7 Å². The molecular formula is C32H26N2O4. The molecule has 0 atom stereocenters. The van der Waals surface area contributed by atoms with Gasteiger partial charge in [0.25, 0.3) is 0 Å². The number of rotatable bonds is 7. The van der Waals surface area contributed by atoms with Gasteiger partial charge < -0.3 is 19.6 Å². The predicted octanol–water partition coefficient (Wildman–Crippen LogP) is 7.61. The molecule has 4 aromatic carbocycles. The molecule has 1 aromatic heterocycles. The van der Waals surface area contributed by atoms with Crippen molar-refractivity contribution in [3.63, 3.8) is 0 Å². The lowest BCUT2D eigenvalue weighted by molar-refractivity contribution is -0.140. The van der Waals surface area contributed by atoms with Gasteiger partial charge in [0.05, 0.1) is 11.1 Å². The van der Waals surface area contributed by atoms with E-state index in [1.807, 2.05) is 103 Å². The van der Waals surface area contributed by atoms with Gasteiger partial charge in [0, 0.05) is 17.3 Å². The van der Waals surface area contributed by atoms with E-state index < -0.39 is 11.4 Å². The van der Waals surface area contributed by atoms with Crippen molar-refractivity contribution < 1.29 is 19.5 Å². The summed E-state index contributed by atoms with van der Waals surface area (Å²) in [5.41, 5.74) is 6.27. The number of carbonyl (C=O) groups is 1. The summed E-state index contributed by atoms with van der Waals surface area (Å²) in [6.45, 7) is 1.90. The summed E-state index contributed by atoms with van der Waals surface area (Å²) < 4.78 is 5.85. The SMILES string of the molecule is Cc1noc(-c2ccc(-c3ccc(C4(C(=O)O)CC4)cc3)cc2)c1N(c1ccccc1)c1cccc(O)c1. The monoisotopic (exact) mass is 502 g/mol. The van der Waals surface area contributed by atoms with Crippen LogP contribution < -0.4 is 4.90 Å². The molecule has 1 aliphatic rings. The maximum Gasteiger partial charge on any atom is 0.314 e. The van der Waals surface area contributed by atoms with Crippen LogP contribution in [0.2, 0.25) is 0 Å². The third kappa shape index (κ3) is 4.10. The molecule has 38 heavy (non-hydrogen) atoms. The van der Waals surface area contributed by atoms with Crippen molar-refractivity contribution in [2.75, 3.05) is 4.90 Å². The summed E-state index contributed by atoms with van der Waals surface area (Å²) in [5.74, 6) is 0.0437. The minimum atomic E-state index is -0.747. The highest BCUT2D eigenvalue weighted by Gasteiger charge is 2.51. The lowest BCUT2D eigenvalue weighted by Crippen LogP contribution is -2.19. The molecule has 6 rings (SSSR count). The summed E-state index contributed by atoms with van der Waals surface area (Å²) in [4.78, 5) is 13.7. The minimum Gasteiger partial charge on any atom is -0.508 e. The van der Waals surface area contributed by atoms with Gasteiger partial charge in [-0.1, -0.05) is 78.0 Å². The summed E-state index contributed by atoms with van der Waals surface area (Å²) >= 11 is 0. The smallest absolute Gasteiger partial charge is 0.314 e. The Morgan fingerprint density at radius 1 is 0.816 bits per heavy atom. The quantitative estimate of drug-likeness (QED) is 0.238. The zero-order valence-corrected chi connectivity index (χ0v) is 20.8. The van der Waals surface area contributed by atoms with Crippen LogP contribution in [0.4, 0.5) is 17.1 Å². The lowest BCUT2D eigenvalue weighted by Gasteiger charge is -2.25. The molecule has 1 fully saturated rings. The number of carboxylic acids is 1. The number of hydrogen-bond acceptors (Lipinski definition) is 5. The van der Waals surface area contributed by atoms with Gasteiger partial charge in [0.15, 0.2) is 5.76 Å². The molecule has 0 bridgehead atoms. The molecule has 0 aliphatic heterocycles. The molecule has 0 spiro atoms. The first-order valence-electron chi connectivity index (χ1n) is 12.5. The second-order valence-corrected chi connectivity index (χ2v) is 9.68. The van der Waals surface area contributed by atoms with E-state index in [0.29, 0.717) is 18.6 Å². The fraction of sp³-hybridized carbons (Fsp3) is 0.125. The molecule has 1 aliphatic carbocycles. The fourth-order valence-electron chi connectivity index (χ4n) is 4.98. The van der Waals surface area contributed by atoms with Crippen molar-refractivity contribution in [2.45, 2.75) is 25.2 Å². The number of carboxylic acid groups (broad SMARTS) is 1. The molecule has 1 saturated carbocycles. The zero-order valence-electron chi connectivity index (χ0n) is 20.8. The summed E-state index contributed by atoms with van der Waals surface area (Å²) in [7, 11) is 0. The molecule has 6 nitrogen and oxygen atoms in total. The van der Waals surface area contributed by atoms with Crippen molar-refractivity contribution in [3.05, 3.63) is 114 Å². The maximum atomic E-state index is 11.7. The Labute approximate surface area is 220 Å². The Morgan fingerprint density at radius 2 is 1.42 bits per heavy atom. The van der Waals surface area contributed by atoms with Crippen molar-refractivity contribution in [2.24, 2.45) is 0 Å². The lowest BCUT2D eigenvalue weighted by atomic mass is 9.93. The molecule has 6 heteroatoms. The topological polar surface area (TPSA) is 86.8 Å².